The second-order valence-electron chi connectivity index (χ2n) is 12.0. The van der Waals surface area contributed by atoms with Crippen molar-refractivity contribution < 1.29 is 28.7 Å². The van der Waals surface area contributed by atoms with Crippen LogP contribution >= 0.6 is 0 Å². The van der Waals surface area contributed by atoms with Crippen molar-refractivity contribution in [3.63, 3.8) is 0 Å². The fraction of sp³-hybridized carbons (Fsp3) is 0.515. The van der Waals surface area contributed by atoms with Crippen molar-refractivity contribution in [1.29, 1.82) is 0 Å². The van der Waals surface area contributed by atoms with Gasteiger partial charge in [-0.3, -0.25) is 24.1 Å². The summed E-state index contributed by atoms with van der Waals surface area (Å²) in [5.74, 6) is -1.25. The van der Waals surface area contributed by atoms with Crippen LogP contribution in [-0.4, -0.2) is 91.6 Å². The molecule has 3 N–H and O–H groups in total. The molecule has 0 aromatic heterocycles. The predicted octanol–water partition coefficient (Wildman–Crippen LogP) is 1.66. The van der Waals surface area contributed by atoms with Crippen molar-refractivity contribution in [2.45, 2.75) is 63.8 Å². The summed E-state index contributed by atoms with van der Waals surface area (Å²) >= 11 is 0. The van der Waals surface area contributed by atoms with E-state index in [2.05, 4.69) is 16.0 Å². The number of morpholine rings is 1. The highest BCUT2D eigenvalue weighted by Crippen LogP contribution is 2.29. The number of nitrogens with one attached hydrogen (secondary N) is 3. The molecule has 0 radical (unpaired) electrons. The van der Waals surface area contributed by atoms with Gasteiger partial charge in [0.2, 0.25) is 17.7 Å². The van der Waals surface area contributed by atoms with E-state index in [1.54, 1.807) is 6.92 Å². The van der Waals surface area contributed by atoms with Gasteiger partial charge in [0.05, 0.1) is 32.4 Å². The van der Waals surface area contributed by atoms with Gasteiger partial charge in [0.1, 0.15) is 17.7 Å². The molecule has 0 saturated carbocycles. The van der Waals surface area contributed by atoms with Crippen molar-refractivity contribution in [2.24, 2.45) is 5.92 Å². The first-order chi connectivity index (χ1) is 20.6. The lowest BCUT2D eigenvalue weighted by Crippen LogP contribution is -2.58. The summed E-state index contributed by atoms with van der Waals surface area (Å²) in [5.41, 5.74) is 0.815. The predicted molar refractivity (Wildman–Crippen MR) is 162 cm³/mol. The van der Waals surface area contributed by atoms with Crippen LogP contribution in [0.5, 0.6) is 0 Å². The zero-order valence-electron chi connectivity index (χ0n) is 25.3. The van der Waals surface area contributed by atoms with Crippen molar-refractivity contribution >= 4 is 23.5 Å². The van der Waals surface area contributed by atoms with Crippen LogP contribution < -0.4 is 16.0 Å². The third-order valence-electron chi connectivity index (χ3n) is 7.76. The van der Waals surface area contributed by atoms with E-state index in [1.165, 1.54) is 0 Å². The first kappa shape index (κ1) is 32.3. The smallest absolute Gasteiger partial charge is 0.243 e. The number of epoxide rings is 1. The highest BCUT2D eigenvalue weighted by Gasteiger charge is 2.50. The van der Waals surface area contributed by atoms with E-state index in [-0.39, 0.29) is 30.6 Å². The molecule has 2 heterocycles. The number of carbonyl (C=O) groups excluding carboxylic acids is 4. The van der Waals surface area contributed by atoms with Crippen LogP contribution in [0, 0.1) is 5.92 Å². The lowest BCUT2D eigenvalue weighted by atomic mass is 9.94. The van der Waals surface area contributed by atoms with Crippen molar-refractivity contribution in [2.75, 3.05) is 39.5 Å². The SMILES string of the molecule is CC(C)C[C@H](NC(=O)CN1CCOCC1)C(=O)NC(Cc1ccccc1)C(=O)N[C@@H](Cc1ccccc1)C(=O)C1(C)CO1. The van der Waals surface area contributed by atoms with E-state index in [4.69, 9.17) is 9.47 Å². The van der Waals surface area contributed by atoms with Gasteiger partial charge in [0, 0.05) is 19.5 Å². The number of nitrogens with zero attached hydrogens (tertiary/aromatic N) is 1. The molecule has 2 fully saturated rings. The fourth-order valence-electron chi connectivity index (χ4n) is 5.19. The second kappa shape index (κ2) is 15.2. The molecule has 2 saturated heterocycles. The summed E-state index contributed by atoms with van der Waals surface area (Å²) in [7, 11) is 0. The van der Waals surface area contributed by atoms with Crippen molar-refractivity contribution in [3.05, 3.63) is 71.8 Å². The van der Waals surface area contributed by atoms with E-state index in [0.717, 1.165) is 11.1 Å². The number of ketones is 1. The van der Waals surface area contributed by atoms with Crippen molar-refractivity contribution in [3.8, 4) is 0 Å². The Morgan fingerprint density at radius 1 is 0.791 bits per heavy atom. The molecule has 2 aliphatic heterocycles. The van der Waals surface area contributed by atoms with Crippen LogP contribution in [0.3, 0.4) is 0 Å². The Balaban J connectivity index is 1.50. The van der Waals surface area contributed by atoms with Crippen LogP contribution in [0.1, 0.15) is 38.3 Å². The minimum absolute atomic E-state index is 0.119. The van der Waals surface area contributed by atoms with Gasteiger partial charge in [-0.2, -0.15) is 0 Å². The molecule has 2 aliphatic rings. The molecule has 2 aromatic rings. The maximum absolute atomic E-state index is 13.8. The zero-order chi connectivity index (χ0) is 30.8. The number of rotatable bonds is 15. The van der Waals surface area contributed by atoms with Gasteiger partial charge >= 0.3 is 0 Å². The van der Waals surface area contributed by atoms with Gasteiger partial charge in [-0.25, -0.2) is 0 Å². The molecule has 2 unspecified atom stereocenters. The topological polar surface area (TPSA) is 129 Å². The molecule has 0 aliphatic carbocycles. The molecule has 4 rings (SSSR count). The third-order valence-corrected chi connectivity index (χ3v) is 7.76. The van der Waals surface area contributed by atoms with E-state index in [0.29, 0.717) is 45.8 Å². The maximum Gasteiger partial charge on any atom is 0.243 e. The fourth-order valence-corrected chi connectivity index (χ4v) is 5.19. The average Bonchev–Trinajstić information content (AvgIpc) is 3.75. The van der Waals surface area contributed by atoms with Gasteiger partial charge in [-0.15, -0.1) is 0 Å². The summed E-state index contributed by atoms with van der Waals surface area (Å²) in [5, 5.41) is 8.71. The Bertz CT molecular complexity index is 1230. The summed E-state index contributed by atoms with van der Waals surface area (Å²) < 4.78 is 10.8. The Hall–Kier alpha value is -3.60. The summed E-state index contributed by atoms with van der Waals surface area (Å²) in [6.07, 6.45) is 0.920. The zero-order valence-corrected chi connectivity index (χ0v) is 25.3. The first-order valence-electron chi connectivity index (χ1n) is 15.1. The molecule has 10 heteroatoms. The Labute approximate surface area is 253 Å². The molecule has 4 atom stereocenters. The summed E-state index contributed by atoms with van der Waals surface area (Å²) in [6, 6.07) is 16.2. The molecule has 10 nitrogen and oxygen atoms in total. The number of benzene rings is 2. The van der Waals surface area contributed by atoms with Gasteiger partial charge in [-0.1, -0.05) is 74.5 Å². The standard InChI is InChI=1S/C33H44N4O6/c1-23(2)18-27(34-29(38)21-37-14-16-42-17-15-37)31(40)36-28(20-25-12-8-5-9-13-25)32(41)35-26(30(39)33(3)22-43-33)19-24-10-6-4-7-11-24/h4-13,23,26-28H,14-22H2,1-3H3,(H,34,38)(H,35,41)(H,36,40)/t26-,27-,28?,33?/m0/s1. The van der Waals surface area contributed by atoms with E-state index in [9.17, 15) is 19.2 Å². The molecular formula is C33H44N4O6. The molecule has 43 heavy (non-hydrogen) atoms. The van der Waals surface area contributed by atoms with Gasteiger partial charge in [0.15, 0.2) is 5.78 Å². The molecule has 232 valence electrons. The highest BCUT2D eigenvalue weighted by molar-refractivity contribution is 5.98. The second-order valence-corrected chi connectivity index (χ2v) is 12.0. The molecule has 3 amide bonds. The minimum atomic E-state index is -0.972. The lowest BCUT2D eigenvalue weighted by Gasteiger charge is -2.28. The Morgan fingerprint density at radius 3 is 1.84 bits per heavy atom. The molecular weight excluding hydrogens is 548 g/mol. The van der Waals surface area contributed by atoms with Crippen LogP contribution in [0.4, 0.5) is 0 Å². The molecule has 2 aromatic carbocycles. The van der Waals surface area contributed by atoms with E-state index in [1.807, 2.05) is 79.4 Å². The number of ether oxygens (including phenoxy) is 2. The van der Waals surface area contributed by atoms with Crippen LogP contribution in [0.25, 0.3) is 0 Å². The Morgan fingerprint density at radius 2 is 1.30 bits per heavy atom. The summed E-state index contributed by atoms with van der Waals surface area (Å²) in [4.78, 5) is 55.8. The van der Waals surface area contributed by atoms with Crippen LogP contribution in [0.2, 0.25) is 0 Å². The van der Waals surface area contributed by atoms with Crippen molar-refractivity contribution in [1.82, 2.24) is 20.9 Å². The number of carbonyl (C=O) groups is 4. The largest absolute Gasteiger partial charge is 0.379 e. The number of Topliss-reactive ketones (excluding diaryl/α,β-unsaturated/α-hetero) is 1. The number of hydrogen-bond acceptors (Lipinski definition) is 7. The maximum atomic E-state index is 13.8. The van der Waals surface area contributed by atoms with Crippen LogP contribution in [-0.2, 0) is 41.5 Å². The van der Waals surface area contributed by atoms with Gasteiger partial charge in [0.25, 0.3) is 0 Å². The quantitative estimate of drug-likeness (QED) is 0.268. The molecule has 0 spiro atoms. The van der Waals surface area contributed by atoms with E-state index < -0.39 is 35.5 Å². The number of hydrogen-bond donors (Lipinski definition) is 3. The van der Waals surface area contributed by atoms with E-state index >= 15 is 0 Å². The summed E-state index contributed by atoms with van der Waals surface area (Å²) in [6.45, 7) is 8.59. The lowest BCUT2D eigenvalue weighted by molar-refractivity contribution is -0.134. The van der Waals surface area contributed by atoms with Crippen LogP contribution in [0.15, 0.2) is 60.7 Å². The third kappa shape index (κ3) is 9.98. The first-order valence-corrected chi connectivity index (χ1v) is 15.1. The normalized spacial score (nSPS) is 20.5. The van der Waals surface area contributed by atoms with Gasteiger partial charge < -0.3 is 25.4 Å². The highest BCUT2D eigenvalue weighted by atomic mass is 16.6. The Kier molecular flexibility index (Phi) is 11.4. The van der Waals surface area contributed by atoms with Gasteiger partial charge in [-0.05, 0) is 36.8 Å². The molecule has 0 bridgehead atoms. The monoisotopic (exact) mass is 592 g/mol. The average molecular weight is 593 g/mol. The number of amides is 3. The minimum Gasteiger partial charge on any atom is -0.379 e.